The third-order valence-electron chi connectivity index (χ3n) is 4.07. The van der Waals surface area contributed by atoms with Gasteiger partial charge in [-0.3, -0.25) is 10.1 Å². The van der Waals surface area contributed by atoms with E-state index in [2.05, 4.69) is 24.1 Å². The van der Waals surface area contributed by atoms with Gasteiger partial charge in [-0.2, -0.15) is 0 Å². The van der Waals surface area contributed by atoms with E-state index in [1.165, 1.54) is 6.42 Å². The molecule has 0 saturated carbocycles. The highest BCUT2D eigenvalue weighted by atomic mass is 16.6. The summed E-state index contributed by atoms with van der Waals surface area (Å²) in [6, 6.07) is 6.08. The summed E-state index contributed by atoms with van der Waals surface area (Å²) < 4.78 is 0. The molecule has 5 nitrogen and oxygen atoms in total. The molecule has 1 unspecified atom stereocenters. The Morgan fingerprint density at radius 3 is 2.90 bits per heavy atom. The Hall–Kier alpha value is -1.62. The van der Waals surface area contributed by atoms with Gasteiger partial charge in [0, 0.05) is 24.7 Å². The van der Waals surface area contributed by atoms with Gasteiger partial charge in [0.25, 0.3) is 5.69 Å². The zero-order chi connectivity index (χ0) is 15.4. The molecule has 5 heteroatoms. The van der Waals surface area contributed by atoms with E-state index in [0.29, 0.717) is 12.0 Å². The molecule has 21 heavy (non-hydrogen) atoms. The molecule has 116 valence electrons. The predicted molar refractivity (Wildman–Crippen MR) is 85.9 cm³/mol. The molecule has 1 saturated heterocycles. The largest absolute Gasteiger partial charge is 0.366 e. The van der Waals surface area contributed by atoms with E-state index in [0.717, 1.165) is 37.3 Å². The lowest BCUT2D eigenvalue weighted by molar-refractivity contribution is -0.384. The Morgan fingerprint density at radius 2 is 2.24 bits per heavy atom. The van der Waals surface area contributed by atoms with Crippen molar-refractivity contribution in [3.8, 4) is 0 Å². The summed E-state index contributed by atoms with van der Waals surface area (Å²) in [5, 5.41) is 14.8. The Kier molecular flexibility index (Phi) is 5.17. The molecule has 1 aliphatic heterocycles. The number of hydrogen-bond donors (Lipinski definition) is 1. The van der Waals surface area contributed by atoms with Crippen LogP contribution in [0.2, 0.25) is 0 Å². The molecule has 1 aromatic carbocycles. The van der Waals surface area contributed by atoms with E-state index < -0.39 is 0 Å². The average molecular weight is 291 g/mol. The second-order valence-electron chi connectivity index (χ2n) is 6.22. The number of nitro benzene ring substituents is 1. The van der Waals surface area contributed by atoms with Crippen molar-refractivity contribution in [2.45, 2.75) is 39.7 Å². The zero-order valence-corrected chi connectivity index (χ0v) is 13.1. The first-order valence-electron chi connectivity index (χ1n) is 7.71. The summed E-state index contributed by atoms with van der Waals surface area (Å²) in [6.07, 6.45) is 2.28. The van der Waals surface area contributed by atoms with Crippen molar-refractivity contribution in [1.29, 1.82) is 0 Å². The summed E-state index contributed by atoms with van der Waals surface area (Å²) in [4.78, 5) is 13.3. The van der Waals surface area contributed by atoms with Gasteiger partial charge >= 0.3 is 0 Å². The number of benzene rings is 1. The van der Waals surface area contributed by atoms with Crippen LogP contribution in [0.3, 0.4) is 0 Å². The van der Waals surface area contributed by atoms with E-state index in [1.807, 2.05) is 25.1 Å². The van der Waals surface area contributed by atoms with Crippen LogP contribution < -0.4 is 10.2 Å². The van der Waals surface area contributed by atoms with Crippen molar-refractivity contribution in [3.63, 3.8) is 0 Å². The molecule has 0 bridgehead atoms. The smallest absolute Gasteiger partial charge is 0.295 e. The minimum Gasteiger partial charge on any atom is -0.366 e. The molecular weight excluding hydrogens is 266 g/mol. The number of anilines is 1. The summed E-state index contributed by atoms with van der Waals surface area (Å²) in [5.74, 6) is 0.557. The van der Waals surface area contributed by atoms with Gasteiger partial charge in [-0.1, -0.05) is 26.0 Å². The standard InChI is InChI=1S/C16H25N3O2/c1-12(2)17-10-14-7-5-9-18(11-14)15-8-4-6-13(3)16(15)19(20)21/h4,6,8,12,14,17H,5,7,9-11H2,1-3H3. The second-order valence-corrected chi connectivity index (χ2v) is 6.22. The summed E-state index contributed by atoms with van der Waals surface area (Å²) in [7, 11) is 0. The fourth-order valence-electron chi connectivity index (χ4n) is 2.99. The Morgan fingerprint density at radius 1 is 1.48 bits per heavy atom. The third-order valence-corrected chi connectivity index (χ3v) is 4.07. The lowest BCUT2D eigenvalue weighted by atomic mass is 9.96. The SMILES string of the molecule is Cc1cccc(N2CCCC(CNC(C)C)C2)c1[N+](=O)[O-]. The number of para-hydroxylation sites is 1. The zero-order valence-electron chi connectivity index (χ0n) is 13.1. The molecule has 0 spiro atoms. The molecule has 0 radical (unpaired) electrons. The molecular formula is C16H25N3O2. The van der Waals surface area contributed by atoms with Gasteiger partial charge in [0.05, 0.1) is 4.92 Å². The maximum atomic E-state index is 11.3. The number of hydrogen-bond acceptors (Lipinski definition) is 4. The molecule has 1 aliphatic rings. The van der Waals surface area contributed by atoms with Crippen LogP contribution in [-0.4, -0.2) is 30.6 Å². The summed E-state index contributed by atoms with van der Waals surface area (Å²) >= 11 is 0. The molecule has 2 rings (SSSR count). The van der Waals surface area contributed by atoms with Crippen LogP contribution in [-0.2, 0) is 0 Å². The van der Waals surface area contributed by atoms with Gasteiger partial charge in [0.2, 0.25) is 0 Å². The number of aryl methyl sites for hydroxylation is 1. The van der Waals surface area contributed by atoms with Crippen molar-refractivity contribution in [2.24, 2.45) is 5.92 Å². The van der Waals surface area contributed by atoms with Crippen LogP contribution >= 0.6 is 0 Å². The lowest BCUT2D eigenvalue weighted by Crippen LogP contribution is -2.41. The van der Waals surface area contributed by atoms with Crippen LogP contribution in [0.5, 0.6) is 0 Å². The fourth-order valence-corrected chi connectivity index (χ4v) is 2.99. The summed E-state index contributed by atoms with van der Waals surface area (Å²) in [6.45, 7) is 8.88. The quantitative estimate of drug-likeness (QED) is 0.669. The highest BCUT2D eigenvalue weighted by molar-refractivity contribution is 5.66. The number of nitrogens with one attached hydrogen (secondary N) is 1. The summed E-state index contributed by atoms with van der Waals surface area (Å²) in [5.41, 5.74) is 1.77. The molecule has 0 aliphatic carbocycles. The normalized spacial score (nSPS) is 19.0. The van der Waals surface area contributed by atoms with Crippen LogP contribution in [0.15, 0.2) is 18.2 Å². The van der Waals surface area contributed by atoms with Crippen LogP contribution in [0.4, 0.5) is 11.4 Å². The van der Waals surface area contributed by atoms with Gasteiger partial charge in [0.1, 0.15) is 5.69 Å². The van der Waals surface area contributed by atoms with Crippen molar-refractivity contribution in [3.05, 3.63) is 33.9 Å². The highest BCUT2D eigenvalue weighted by Gasteiger charge is 2.26. The van der Waals surface area contributed by atoms with E-state index in [9.17, 15) is 10.1 Å². The minimum absolute atomic E-state index is 0.249. The average Bonchev–Trinajstić information content (AvgIpc) is 2.44. The monoisotopic (exact) mass is 291 g/mol. The molecule has 0 amide bonds. The van der Waals surface area contributed by atoms with Crippen LogP contribution in [0, 0.1) is 23.0 Å². The number of nitro groups is 1. The van der Waals surface area contributed by atoms with E-state index >= 15 is 0 Å². The highest BCUT2D eigenvalue weighted by Crippen LogP contribution is 2.33. The number of nitrogens with zero attached hydrogens (tertiary/aromatic N) is 2. The molecule has 0 aromatic heterocycles. The van der Waals surface area contributed by atoms with Gasteiger partial charge in [-0.25, -0.2) is 0 Å². The number of rotatable bonds is 5. The van der Waals surface area contributed by atoms with Gasteiger partial charge < -0.3 is 10.2 Å². The Labute approximate surface area is 126 Å². The van der Waals surface area contributed by atoms with Gasteiger partial charge in [0.15, 0.2) is 0 Å². The van der Waals surface area contributed by atoms with E-state index in [4.69, 9.17) is 0 Å². The first-order chi connectivity index (χ1) is 9.99. The predicted octanol–water partition coefficient (Wildman–Crippen LogP) is 3.12. The van der Waals surface area contributed by atoms with Gasteiger partial charge in [-0.15, -0.1) is 0 Å². The first kappa shape index (κ1) is 15.8. The maximum absolute atomic E-state index is 11.3. The van der Waals surface area contributed by atoms with Crippen LogP contribution in [0.1, 0.15) is 32.3 Å². The molecule has 1 aromatic rings. The van der Waals surface area contributed by atoms with Crippen molar-refractivity contribution in [1.82, 2.24) is 5.32 Å². The maximum Gasteiger partial charge on any atom is 0.295 e. The first-order valence-corrected chi connectivity index (χ1v) is 7.71. The third kappa shape index (κ3) is 3.94. The Bertz CT molecular complexity index is 502. The van der Waals surface area contributed by atoms with E-state index in [-0.39, 0.29) is 10.6 Å². The topological polar surface area (TPSA) is 58.4 Å². The Balaban J connectivity index is 2.14. The number of piperidine rings is 1. The van der Waals surface area contributed by atoms with E-state index in [1.54, 1.807) is 0 Å². The lowest BCUT2D eigenvalue weighted by Gasteiger charge is -2.34. The van der Waals surface area contributed by atoms with Gasteiger partial charge in [-0.05, 0) is 38.3 Å². The molecule has 1 atom stereocenters. The molecule has 1 heterocycles. The fraction of sp³-hybridized carbons (Fsp3) is 0.625. The molecule has 1 fully saturated rings. The van der Waals surface area contributed by atoms with Crippen molar-refractivity contribution < 1.29 is 4.92 Å². The van der Waals surface area contributed by atoms with Crippen molar-refractivity contribution in [2.75, 3.05) is 24.5 Å². The second kappa shape index (κ2) is 6.89. The van der Waals surface area contributed by atoms with Crippen molar-refractivity contribution >= 4 is 11.4 Å². The van der Waals surface area contributed by atoms with Crippen LogP contribution in [0.25, 0.3) is 0 Å². The minimum atomic E-state index is -0.249. The molecule has 1 N–H and O–H groups in total.